The van der Waals surface area contributed by atoms with Gasteiger partial charge in [-0.3, -0.25) is 4.79 Å². The van der Waals surface area contributed by atoms with Crippen molar-refractivity contribution in [1.29, 1.82) is 0 Å². The average Bonchev–Trinajstić information content (AvgIpc) is 2.48. The lowest BCUT2D eigenvalue weighted by molar-refractivity contribution is 0.0952. The molecule has 1 heterocycles. The van der Waals surface area contributed by atoms with Crippen molar-refractivity contribution in [3.8, 4) is 0 Å². The van der Waals surface area contributed by atoms with Gasteiger partial charge >= 0.3 is 0 Å². The Morgan fingerprint density at radius 3 is 2.81 bits per heavy atom. The molecule has 0 aliphatic rings. The fourth-order valence-electron chi connectivity index (χ4n) is 1.67. The van der Waals surface area contributed by atoms with E-state index in [1.165, 1.54) is 12.4 Å². The van der Waals surface area contributed by atoms with E-state index in [9.17, 15) is 4.79 Å². The smallest absolute Gasteiger partial charge is 0.271 e. The van der Waals surface area contributed by atoms with Crippen molar-refractivity contribution in [2.45, 2.75) is 6.92 Å². The highest BCUT2D eigenvalue weighted by Gasteiger charge is 2.07. The maximum absolute atomic E-state index is 11.7. The topological polar surface area (TPSA) is 66.9 Å². The maximum Gasteiger partial charge on any atom is 0.271 e. The molecule has 1 aromatic heterocycles. The Morgan fingerprint density at radius 1 is 1.38 bits per heavy atom. The summed E-state index contributed by atoms with van der Waals surface area (Å²) in [6, 6.07) is 5.51. The van der Waals surface area contributed by atoms with Crippen LogP contribution in [0.4, 0.5) is 11.5 Å². The molecule has 21 heavy (non-hydrogen) atoms. The van der Waals surface area contributed by atoms with Gasteiger partial charge in [0.2, 0.25) is 0 Å². The van der Waals surface area contributed by atoms with Crippen LogP contribution in [0, 0.1) is 6.92 Å². The summed E-state index contributed by atoms with van der Waals surface area (Å²) in [4.78, 5) is 19.9. The molecule has 1 aromatic carbocycles. The molecule has 2 N–H and O–H groups in total. The number of benzene rings is 1. The molecule has 0 fully saturated rings. The second kappa shape index (κ2) is 6.85. The Bertz CT molecular complexity index is 655. The lowest BCUT2D eigenvalue weighted by atomic mass is 10.2. The zero-order valence-electron chi connectivity index (χ0n) is 11.6. The molecule has 0 aliphatic heterocycles. The minimum atomic E-state index is -0.281. The third-order valence-electron chi connectivity index (χ3n) is 2.74. The van der Waals surface area contributed by atoms with Crippen LogP contribution < -0.4 is 10.6 Å². The highest BCUT2D eigenvalue weighted by atomic mass is 35.5. The molecule has 0 spiro atoms. The molecule has 0 unspecified atom stereocenters. The lowest BCUT2D eigenvalue weighted by Crippen LogP contribution is -2.24. The summed E-state index contributed by atoms with van der Waals surface area (Å²) < 4.78 is 0. The van der Waals surface area contributed by atoms with Crippen molar-refractivity contribution in [2.75, 3.05) is 11.9 Å². The summed E-state index contributed by atoms with van der Waals surface area (Å²) in [5, 5.41) is 6.45. The zero-order chi connectivity index (χ0) is 15.2. The van der Waals surface area contributed by atoms with E-state index in [4.69, 9.17) is 11.6 Å². The fourth-order valence-corrected chi connectivity index (χ4v) is 1.90. The molecule has 2 rings (SSSR count). The van der Waals surface area contributed by atoms with Crippen molar-refractivity contribution >= 4 is 29.0 Å². The molecular weight excluding hydrogens is 288 g/mol. The van der Waals surface area contributed by atoms with E-state index in [1.807, 2.05) is 19.1 Å². The van der Waals surface area contributed by atoms with E-state index < -0.39 is 0 Å². The van der Waals surface area contributed by atoms with E-state index in [-0.39, 0.29) is 11.6 Å². The van der Waals surface area contributed by atoms with Gasteiger partial charge in [-0.25, -0.2) is 9.97 Å². The third-order valence-corrected chi connectivity index (χ3v) is 2.98. The highest BCUT2D eigenvalue weighted by molar-refractivity contribution is 6.30. The Morgan fingerprint density at radius 2 is 2.19 bits per heavy atom. The number of amides is 1. The van der Waals surface area contributed by atoms with Gasteiger partial charge in [0, 0.05) is 17.3 Å². The van der Waals surface area contributed by atoms with Gasteiger partial charge in [-0.1, -0.05) is 17.7 Å². The van der Waals surface area contributed by atoms with E-state index in [1.54, 1.807) is 12.1 Å². The van der Waals surface area contributed by atoms with Crippen LogP contribution in [0.25, 0.3) is 0 Å². The van der Waals surface area contributed by atoms with Gasteiger partial charge in [0.1, 0.15) is 11.5 Å². The van der Waals surface area contributed by atoms with Crippen LogP contribution in [-0.4, -0.2) is 22.4 Å². The number of carbonyl (C=O) groups is 1. The van der Waals surface area contributed by atoms with Crippen molar-refractivity contribution in [3.63, 3.8) is 0 Å². The third kappa shape index (κ3) is 4.03. The van der Waals surface area contributed by atoms with E-state index in [0.717, 1.165) is 11.3 Å². The predicted molar refractivity (Wildman–Crippen MR) is 84.0 cm³/mol. The van der Waals surface area contributed by atoms with E-state index >= 15 is 0 Å². The monoisotopic (exact) mass is 302 g/mol. The predicted octanol–water partition coefficient (Wildman–Crippen LogP) is 3.10. The number of hydrogen-bond acceptors (Lipinski definition) is 4. The molecule has 1 amide bonds. The highest BCUT2D eigenvalue weighted by Crippen LogP contribution is 2.22. The Kier molecular flexibility index (Phi) is 4.90. The minimum absolute atomic E-state index is 0.259. The van der Waals surface area contributed by atoms with Crippen LogP contribution in [-0.2, 0) is 0 Å². The molecule has 0 atom stereocenters. The van der Waals surface area contributed by atoms with Crippen molar-refractivity contribution in [1.82, 2.24) is 15.3 Å². The van der Waals surface area contributed by atoms with Gasteiger partial charge in [0.15, 0.2) is 0 Å². The molecule has 0 saturated carbocycles. The Hall–Kier alpha value is -2.40. The largest absolute Gasteiger partial charge is 0.347 e. The first-order valence-electron chi connectivity index (χ1n) is 6.34. The molecule has 108 valence electrons. The normalized spacial score (nSPS) is 10.0. The molecule has 0 bridgehead atoms. The van der Waals surface area contributed by atoms with Crippen molar-refractivity contribution < 1.29 is 4.79 Å². The molecule has 6 heteroatoms. The maximum atomic E-state index is 11.7. The van der Waals surface area contributed by atoms with Crippen LogP contribution in [0.2, 0.25) is 5.02 Å². The van der Waals surface area contributed by atoms with Crippen molar-refractivity contribution in [2.24, 2.45) is 0 Å². The van der Waals surface area contributed by atoms with Crippen LogP contribution in [0.3, 0.4) is 0 Å². The van der Waals surface area contributed by atoms with E-state index in [0.29, 0.717) is 17.4 Å². The summed E-state index contributed by atoms with van der Waals surface area (Å²) >= 11 is 5.91. The van der Waals surface area contributed by atoms with Crippen molar-refractivity contribution in [3.05, 3.63) is 59.5 Å². The van der Waals surface area contributed by atoms with Gasteiger partial charge in [0.25, 0.3) is 5.91 Å². The summed E-state index contributed by atoms with van der Waals surface area (Å²) in [5.41, 5.74) is 2.14. The van der Waals surface area contributed by atoms with Gasteiger partial charge in [-0.2, -0.15) is 0 Å². The second-order valence-electron chi connectivity index (χ2n) is 4.37. The number of aromatic nitrogens is 2. The Balaban J connectivity index is 2.08. The number of rotatable bonds is 5. The number of carbonyl (C=O) groups excluding carboxylic acids is 1. The van der Waals surface area contributed by atoms with E-state index in [2.05, 4.69) is 27.2 Å². The summed E-state index contributed by atoms with van der Waals surface area (Å²) in [7, 11) is 0. The molecule has 2 aromatic rings. The number of hydrogen-bond donors (Lipinski definition) is 2. The first-order valence-corrected chi connectivity index (χ1v) is 6.72. The van der Waals surface area contributed by atoms with Gasteiger partial charge in [-0.05, 0) is 30.7 Å². The first-order chi connectivity index (χ1) is 10.1. The van der Waals surface area contributed by atoms with Gasteiger partial charge < -0.3 is 10.6 Å². The SMILES string of the molecule is C=CCNC(=O)c1cnc(Nc2ccc(Cl)cc2C)cn1. The minimum Gasteiger partial charge on any atom is -0.347 e. The lowest BCUT2D eigenvalue weighted by Gasteiger charge is -2.09. The second-order valence-corrected chi connectivity index (χ2v) is 4.81. The summed E-state index contributed by atoms with van der Waals surface area (Å²) in [6.07, 6.45) is 4.54. The standard InChI is InChI=1S/C15H15ClN4O/c1-3-6-17-15(21)13-8-19-14(9-18-13)20-12-5-4-11(16)7-10(12)2/h3-5,7-9H,1,6H2,2H3,(H,17,21)(H,19,20). The molecular formula is C15H15ClN4O. The molecule has 0 aliphatic carbocycles. The quantitative estimate of drug-likeness (QED) is 0.833. The van der Waals surface area contributed by atoms with Gasteiger partial charge in [-0.15, -0.1) is 6.58 Å². The van der Waals surface area contributed by atoms with Crippen LogP contribution in [0.15, 0.2) is 43.2 Å². The zero-order valence-corrected chi connectivity index (χ0v) is 12.3. The number of aryl methyl sites for hydroxylation is 1. The molecule has 0 radical (unpaired) electrons. The molecule has 5 nitrogen and oxygen atoms in total. The average molecular weight is 303 g/mol. The Labute approximate surface area is 128 Å². The number of anilines is 2. The summed E-state index contributed by atoms with van der Waals surface area (Å²) in [5.74, 6) is 0.275. The van der Waals surface area contributed by atoms with Crippen LogP contribution in [0.5, 0.6) is 0 Å². The number of nitrogens with zero attached hydrogens (tertiary/aromatic N) is 2. The van der Waals surface area contributed by atoms with Crippen LogP contribution >= 0.6 is 11.6 Å². The van der Waals surface area contributed by atoms with Gasteiger partial charge in [0.05, 0.1) is 12.4 Å². The summed E-state index contributed by atoms with van der Waals surface area (Å²) in [6.45, 7) is 5.87. The fraction of sp³-hybridized carbons (Fsp3) is 0.133. The molecule has 0 saturated heterocycles. The number of nitrogens with one attached hydrogen (secondary N) is 2. The first kappa shape index (κ1) is 15.0. The van der Waals surface area contributed by atoms with Crippen LogP contribution in [0.1, 0.15) is 16.1 Å². The number of halogens is 1.